The van der Waals surface area contributed by atoms with Crippen molar-refractivity contribution >= 4 is 21.8 Å². The van der Waals surface area contributed by atoms with E-state index in [1.165, 1.54) is 5.56 Å². The van der Waals surface area contributed by atoms with Gasteiger partial charge in [0.05, 0.1) is 6.04 Å². The first-order valence-corrected chi connectivity index (χ1v) is 6.08. The lowest BCUT2D eigenvalue weighted by molar-refractivity contribution is -0.129. The van der Waals surface area contributed by atoms with Gasteiger partial charge in [-0.25, -0.2) is 0 Å². The Morgan fingerprint density at radius 3 is 2.60 bits per heavy atom. The number of carbonyl (C=O) groups is 1. The van der Waals surface area contributed by atoms with Crippen molar-refractivity contribution in [1.29, 1.82) is 0 Å². The van der Waals surface area contributed by atoms with Gasteiger partial charge in [-0.1, -0.05) is 46.3 Å². The first-order chi connectivity index (χ1) is 7.18. The van der Waals surface area contributed by atoms with Gasteiger partial charge in [0.15, 0.2) is 0 Å². The van der Waals surface area contributed by atoms with E-state index in [1.54, 1.807) is 0 Å². The average Bonchev–Trinajstić information content (AvgIpc) is 2.58. The summed E-state index contributed by atoms with van der Waals surface area (Å²) in [5, 5.41) is 0. The van der Waals surface area contributed by atoms with Gasteiger partial charge in [-0.05, 0) is 12.5 Å². The fraction of sp³-hybridized carbons (Fsp3) is 0.417. The van der Waals surface area contributed by atoms with Crippen molar-refractivity contribution in [1.82, 2.24) is 4.90 Å². The van der Waals surface area contributed by atoms with E-state index in [1.807, 2.05) is 23.1 Å². The summed E-state index contributed by atoms with van der Waals surface area (Å²) < 4.78 is 0. The molecule has 1 aliphatic heterocycles. The van der Waals surface area contributed by atoms with Crippen LogP contribution in [0.4, 0.5) is 0 Å². The SMILES string of the molecule is C[C@@H](c1ccccc1)N1CC(Br)CC1=O. The van der Waals surface area contributed by atoms with Gasteiger partial charge in [0, 0.05) is 17.8 Å². The van der Waals surface area contributed by atoms with E-state index in [9.17, 15) is 4.79 Å². The highest BCUT2D eigenvalue weighted by Crippen LogP contribution is 2.28. The maximum atomic E-state index is 11.7. The van der Waals surface area contributed by atoms with Crippen LogP contribution >= 0.6 is 15.9 Å². The zero-order valence-electron chi connectivity index (χ0n) is 8.69. The van der Waals surface area contributed by atoms with Crippen LogP contribution in [0.2, 0.25) is 0 Å². The molecule has 2 atom stereocenters. The molecule has 0 bridgehead atoms. The zero-order chi connectivity index (χ0) is 10.8. The highest BCUT2D eigenvalue weighted by molar-refractivity contribution is 9.09. The minimum atomic E-state index is 0.182. The van der Waals surface area contributed by atoms with Crippen LogP contribution in [0.15, 0.2) is 30.3 Å². The van der Waals surface area contributed by atoms with Gasteiger partial charge in [-0.15, -0.1) is 0 Å². The molecule has 1 amide bonds. The smallest absolute Gasteiger partial charge is 0.224 e. The molecular weight excluding hydrogens is 254 g/mol. The summed E-state index contributed by atoms with van der Waals surface area (Å²) in [6.07, 6.45) is 0.622. The van der Waals surface area contributed by atoms with Gasteiger partial charge >= 0.3 is 0 Å². The third-order valence-corrected chi connectivity index (χ3v) is 3.47. The summed E-state index contributed by atoms with van der Waals surface area (Å²) in [5.41, 5.74) is 1.20. The number of hydrogen-bond donors (Lipinski definition) is 0. The fourth-order valence-corrected chi connectivity index (χ4v) is 2.56. The molecule has 2 nitrogen and oxygen atoms in total. The van der Waals surface area contributed by atoms with Gasteiger partial charge in [0.25, 0.3) is 0 Å². The lowest BCUT2D eigenvalue weighted by atomic mass is 10.1. The van der Waals surface area contributed by atoms with Crippen LogP contribution in [0.3, 0.4) is 0 Å². The first-order valence-electron chi connectivity index (χ1n) is 5.17. The Bertz CT molecular complexity index is 352. The number of carbonyl (C=O) groups excluding carboxylic acids is 1. The van der Waals surface area contributed by atoms with Crippen molar-refractivity contribution in [3.05, 3.63) is 35.9 Å². The van der Waals surface area contributed by atoms with Crippen LogP contribution in [-0.4, -0.2) is 22.2 Å². The molecule has 1 saturated heterocycles. The van der Waals surface area contributed by atoms with Gasteiger partial charge < -0.3 is 4.90 Å². The van der Waals surface area contributed by atoms with Crippen molar-refractivity contribution in [2.45, 2.75) is 24.2 Å². The highest BCUT2D eigenvalue weighted by Gasteiger charge is 2.31. The number of rotatable bonds is 2. The second-order valence-electron chi connectivity index (χ2n) is 3.93. The Morgan fingerprint density at radius 1 is 1.40 bits per heavy atom. The third-order valence-electron chi connectivity index (χ3n) is 2.86. The van der Waals surface area contributed by atoms with E-state index >= 15 is 0 Å². The number of hydrogen-bond acceptors (Lipinski definition) is 1. The zero-order valence-corrected chi connectivity index (χ0v) is 10.3. The summed E-state index contributed by atoms with van der Waals surface area (Å²) in [6, 6.07) is 10.3. The van der Waals surface area contributed by atoms with Gasteiger partial charge in [-0.2, -0.15) is 0 Å². The minimum absolute atomic E-state index is 0.182. The molecule has 0 spiro atoms. The van der Waals surface area contributed by atoms with Gasteiger partial charge in [-0.3, -0.25) is 4.79 Å². The average molecular weight is 268 g/mol. The Morgan fingerprint density at radius 2 is 2.07 bits per heavy atom. The molecule has 2 rings (SSSR count). The van der Waals surface area contributed by atoms with E-state index < -0.39 is 0 Å². The Balaban J connectivity index is 2.15. The van der Waals surface area contributed by atoms with Crippen LogP contribution in [0, 0.1) is 0 Å². The van der Waals surface area contributed by atoms with Crippen molar-refractivity contribution in [2.24, 2.45) is 0 Å². The Kier molecular flexibility index (Phi) is 3.10. The van der Waals surface area contributed by atoms with Crippen LogP contribution in [-0.2, 0) is 4.79 Å². The molecule has 0 radical (unpaired) electrons. The molecule has 1 aromatic rings. The molecule has 0 saturated carbocycles. The molecule has 15 heavy (non-hydrogen) atoms. The second kappa shape index (κ2) is 4.35. The van der Waals surface area contributed by atoms with Gasteiger partial charge in [0.1, 0.15) is 0 Å². The monoisotopic (exact) mass is 267 g/mol. The predicted molar refractivity (Wildman–Crippen MR) is 63.9 cm³/mol. The van der Waals surface area contributed by atoms with Crippen molar-refractivity contribution < 1.29 is 4.79 Å². The number of amides is 1. The van der Waals surface area contributed by atoms with Crippen molar-refractivity contribution in [3.8, 4) is 0 Å². The van der Waals surface area contributed by atoms with Crippen LogP contribution in [0.1, 0.15) is 24.9 Å². The summed E-state index contributed by atoms with van der Waals surface area (Å²) in [7, 11) is 0. The lowest BCUT2D eigenvalue weighted by Crippen LogP contribution is -2.28. The number of alkyl halides is 1. The molecule has 1 unspecified atom stereocenters. The molecule has 1 fully saturated rings. The van der Waals surface area contributed by atoms with Gasteiger partial charge in [0.2, 0.25) is 5.91 Å². The van der Waals surface area contributed by atoms with Crippen molar-refractivity contribution in [2.75, 3.05) is 6.54 Å². The largest absolute Gasteiger partial charge is 0.335 e. The molecular formula is C12H14BrNO. The van der Waals surface area contributed by atoms with Crippen molar-refractivity contribution in [3.63, 3.8) is 0 Å². The highest BCUT2D eigenvalue weighted by atomic mass is 79.9. The Labute approximate surface area is 98.4 Å². The fourth-order valence-electron chi connectivity index (χ4n) is 1.97. The second-order valence-corrected chi connectivity index (χ2v) is 5.23. The summed E-state index contributed by atoms with van der Waals surface area (Å²) in [4.78, 5) is 14.0. The normalized spacial score (nSPS) is 23.2. The maximum Gasteiger partial charge on any atom is 0.224 e. The standard InChI is InChI=1S/C12H14BrNO/c1-9(10-5-3-2-4-6-10)14-8-11(13)7-12(14)15/h2-6,9,11H,7-8H2,1H3/t9-,11?/m0/s1. The Hall–Kier alpha value is -0.830. The number of halogens is 1. The molecule has 80 valence electrons. The first kappa shape index (κ1) is 10.7. The molecule has 1 aliphatic rings. The van der Waals surface area contributed by atoms with Crippen LogP contribution < -0.4 is 0 Å². The van der Waals surface area contributed by atoms with E-state index in [0.29, 0.717) is 11.2 Å². The summed E-state index contributed by atoms with van der Waals surface area (Å²) >= 11 is 3.50. The quantitative estimate of drug-likeness (QED) is 0.755. The minimum Gasteiger partial charge on any atom is -0.335 e. The third kappa shape index (κ3) is 2.23. The number of nitrogens with zero attached hydrogens (tertiary/aromatic N) is 1. The van der Waals surface area contributed by atoms with Crippen LogP contribution in [0.25, 0.3) is 0 Å². The molecule has 1 aromatic carbocycles. The molecule has 0 aliphatic carbocycles. The van der Waals surface area contributed by atoms with E-state index in [4.69, 9.17) is 0 Å². The maximum absolute atomic E-state index is 11.7. The topological polar surface area (TPSA) is 20.3 Å². The number of likely N-dealkylation sites (tertiary alicyclic amines) is 1. The molecule has 0 aromatic heterocycles. The van der Waals surface area contributed by atoms with Crippen LogP contribution in [0.5, 0.6) is 0 Å². The molecule has 1 heterocycles. The van der Waals surface area contributed by atoms with E-state index in [0.717, 1.165) is 6.54 Å². The molecule has 0 N–H and O–H groups in total. The summed E-state index contributed by atoms with van der Waals surface area (Å²) in [5.74, 6) is 0.244. The number of benzene rings is 1. The molecule has 3 heteroatoms. The summed E-state index contributed by atoms with van der Waals surface area (Å²) in [6.45, 7) is 2.90. The predicted octanol–water partition coefficient (Wildman–Crippen LogP) is 2.74. The van der Waals surface area contributed by atoms with E-state index in [2.05, 4.69) is 35.0 Å². The van der Waals surface area contributed by atoms with E-state index in [-0.39, 0.29) is 11.9 Å². The lowest BCUT2D eigenvalue weighted by Gasteiger charge is -2.24.